The Morgan fingerprint density at radius 1 is 1.36 bits per heavy atom. The number of nitrogens with zero attached hydrogens (tertiary/aromatic N) is 2. The van der Waals surface area contributed by atoms with Crippen LogP contribution in [0.1, 0.15) is 25.5 Å². The third-order valence-electron chi connectivity index (χ3n) is 4.30. The molecule has 0 aliphatic heterocycles. The number of guanidine groups is 1. The van der Waals surface area contributed by atoms with E-state index in [1.807, 2.05) is 6.07 Å². The van der Waals surface area contributed by atoms with Gasteiger partial charge in [-0.2, -0.15) is 0 Å². The minimum absolute atomic E-state index is 0. The van der Waals surface area contributed by atoms with Gasteiger partial charge in [-0.1, -0.05) is 18.2 Å². The predicted octanol–water partition coefficient (Wildman–Crippen LogP) is 3.61. The van der Waals surface area contributed by atoms with Gasteiger partial charge in [0.05, 0.1) is 13.2 Å². The average Bonchev–Trinajstić information content (AvgIpc) is 3.32. The molecule has 2 aromatic rings. The van der Waals surface area contributed by atoms with Crippen molar-refractivity contribution in [3.8, 4) is 0 Å². The number of fused-ring (bicyclic) bond motifs is 1. The molecule has 0 bridgehead atoms. The standard InChI is InChI=1S/C19H28N4O.HI/c1-3-20-19(23(2)10-11-24-14-15-8-9-15)21-13-17-12-16-6-4-5-7-18(16)22-17;/h4-7,12,15,22H,3,8-11,13-14H2,1-2H3,(H,20,21);1H. The van der Waals surface area contributed by atoms with Crippen LogP contribution >= 0.6 is 24.0 Å². The number of aromatic nitrogens is 1. The van der Waals surface area contributed by atoms with Gasteiger partial charge in [-0.25, -0.2) is 4.99 Å². The molecular formula is C19H29IN4O. The number of benzene rings is 1. The number of hydrogen-bond donors (Lipinski definition) is 2. The van der Waals surface area contributed by atoms with Crippen LogP contribution in [0.2, 0.25) is 0 Å². The van der Waals surface area contributed by atoms with Crippen molar-refractivity contribution in [2.24, 2.45) is 10.9 Å². The van der Waals surface area contributed by atoms with Gasteiger partial charge < -0.3 is 19.9 Å². The molecule has 5 nitrogen and oxygen atoms in total. The van der Waals surface area contributed by atoms with E-state index in [0.717, 1.165) is 49.4 Å². The monoisotopic (exact) mass is 456 g/mol. The molecule has 1 aliphatic carbocycles. The molecule has 3 rings (SSSR count). The number of hydrogen-bond acceptors (Lipinski definition) is 2. The second-order valence-electron chi connectivity index (χ2n) is 6.49. The Morgan fingerprint density at radius 3 is 2.88 bits per heavy atom. The summed E-state index contributed by atoms with van der Waals surface area (Å²) in [5, 5.41) is 4.59. The highest BCUT2D eigenvalue weighted by Crippen LogP contribution is 2.28. The first-order chi connectivity index (χ1) is 11.8. The zero-order chi connectivity index (χ0) is 16.8. The molecule has 0 unspecified atom stereocenters. The van der Waals surface area contributed by atoms with Crippen molar-refractivity contribution in [3.05, 3.63) is 36.0 Å². The van der Waals surface area contributed by atoms with Gasteiger partial charge in [0.2, 0.25) is 0 Å². The first-order valence-corrected chi connectivity index (χ1v) is 8.90. The SMILES string of the molecule is CCNC(=NCc1cc2ccccc2[nH]1)N(C)CCOCC1CC1.I. The van der Waals surface area contributed by atoms with E-state index in [9.17, 15) is 0 Å². The maximum absolute atomic E-state index is 5.73. The van der Waals surface area contributed by atoms with E-state index in [4.69, 9.17) is 9.73 Å². The molecule has 0 radical (unpaired) electrons. The van der Waals surface area contributed by atoms with Crippen molar-refractivity contribution in [2.75, 3.05) is 33.4 Å². The van der Waals surface area contributed by atoms with Gasteiger partial charge in [0, 0.05) is 38.0 Å². The highest BCUT2D eigenvalue weighted by molar-refractivity contribution is 14.0. The van der Waals surface area contributed by atoms with Gasteiger partial charge in [0.1, 0.15) is 0 Å². The molecule has 1 aromatic carbocycles. The minimum Gasteiger partial charge on any atom is -0.379 e. The number of halogens is 1. The Morgan fingerprint density at radius 2 is 2.16 bits per heavy atom. The second-order valence-corrected chi connectivity index (χ2v) is 6.49. The molecule has 1 heterocycles. The molecule has 1 fully saturated rings. The van der Waals surface area contributed by atoms with Crippen molar-refractivity contribution >= 4 is 40.8 Å². The predicted molar refractivity (Wildman–Crippen MR) is 115 cm³/mol. The van der Waals surface area contributed by atoms with Crippen molar-refractivity contribution in [2.45, 2.75) is 26.3 Å². The Bertz CT molecular complexity index is 648. The smallest absolute Gasteiger partial charge is 0.194 e. The molecule has 0 amide bonds. The first kappa shape index (κ1) is 20.0. The van der Waals surface area contributed by atoms with E-state index in [1.165, 1.54) is 18.2 Å². The number of rotatable bonds is 8. The Balaban J connectivity index is 0.00000225. The van der Waals surface area contributed by atoms with Gasteiger partial charge in [0.25, 0.3) is 0 Å². The zero-order valence-corrected chi connectivity index (χ0v) is 17.5. The lowest BCUT2D eigenvalue weighted by molar-refractivity contribution is 0.115. The lowest BCUT2D eigenvalue weighted by atomic mass is 10.2. The topological polar surface area (TPSA) is 52.7 Å². The first-order valence-electron chi connectivity index (χ1n) is 8.90. The average molecular weight is 456 g/mol. The van der Waals surface area contributed by atoms with Crippen LogP contribution in [0.25, 0.3) is 10.9 Å². The van der Waals surface area contributed by atoms with Crippen LogP contribution in [0.4, 0.5) is 0 Å². The summed E-state index contributed by atoms with van der Waals surface area (Å²) in [5.41, 5.74) is 2.29. The summed E-state index contributed by atoms with van der Waals surface area (Å²) in [5.74, 6) is 1.74. The number of nitrogens with one attached hydrogen (secondary N) is 2. The molecule has 25 heavy (non-hydrogen) atoms. The lowest BCUT2D eigenvalue weighted by Gasteiger charge is -2.21. The number of H-pyrrole nitrogens is 1. The number of likely N-dealkylation sites (N-methyl/N-ethyl adjacent to an activating group) is 1. The van der Waals surface area contributed by atoms with Crippen molar-refractivity contribution in [1.82, 2.24) is 15.2 Å². The number of ether oxygens (including phenoxy) is 1. The molecule has 1 aromatic heterocycles. The molecule has 1 aliphatic rings. The van der Waals surface area contributed by atoms with Crippen molar-refractivity contribution < 1.29 is 4.74 Å². The highest BCUT2D eigenvalue weighted by atomic mass is 127. The van der Waals surface area contributed by atoms with E-state index >= 15 is 0 Å². The summed E-state index contributed by atoms with van der Waals surface area (Å²) in [4.78, 5) is 10.3. The number of para-hydroxylation sites is 1. The fourth-order valence-electron chi connectivity index (χ4n) is 2.69. The maximum atomic E-state index is 5.73. The van der Waals surface area contributed by atoms with Crippen molar-refractivity contribution in [1.29, 1.82) is 0 Å². The molecule has 6 heteroatoms. The fraction of sp³-hybridized carbons (Fsp3) is 0.526. The van der Waals surface area contributed by atoms with Crippen LogP contribution < -0.4 is 5.32 Å². The summed E-state index contributed by atoms with van der Waals surface area (Å²) in [7, 11) is 2.06. The Kier molecular flexibility index (Phi) is 8.02. The summed E-state index contributed by atoms with van der Waals surface area (Å²) < 4.78 is 5.73. The lowest BCUT2D eigenvalue weighted by Crippen LogP contribution is -2.40. The molecule has 138 valence electrons. The summed E-state index contributed by atoms with van der Waals surface area (Å²) in [6.45, 7) is 6.12. The maximum Gasteiger partial charge on any atom is 0.194 e. The second kappa shape index (κ2) is 10.0. The summed E-state index contributed by atoms with van der Waals surface area (Å²) >= 11 is 0. The van der Waals surface area contributed by atoms with Crippen LogP contribution in [-0.2, 0) is 11.3 Å². The van der Waals surface area contributed by atoms with Gasteiger partial charge in [0.15, 0.2) is 5.96 Å². The number of aliphatic imine (C=N–C) groups is 1. The molecule has 0 spiro atoms. The van der Waals surface area contributed by atoms with Crippen LogP contribution in [0.15, 0.2) is 35.3 Å². The van der Waals surface area contributed by atoms with Gasteiger partial charge in [-0.05, 0) is 43.2 Å². The van der Waals surface area contributed by atoms with E-state index in [0.29, 0.717) is 6.54 Å². The van der Waals surface area contributed by atoms with E-state index in [-0.39, 0.29) is 24.0 Å². The van der Waals surface area contributed by atoms with Crippen LogP contribution in [0, 0.1) is 5.92 Å². The quantitative estimate of drug-likeness (QED) is 0.276. The van der Waals surface area contributed by atoms with Crippen LogP contribution in [0.5, 0.6) is 0 Å². The van der Waals surface area contributed by atoms with Crippen molar-refractivity contribution in [3.63, 3.8) is 0 Å². The third kappa shape index (κ3) is 6.18. The molecule has 2 N–H and O–H groups in total. The van der Waals surface area contributed by atoms with Crippen LogP contribution in [-0.4, -0.2) is 49.2 Å². The largest absolute Gasteiger partial charge is 0.379 e. The normalized spacial score (nSPS) is 14.4. The van der Waals surface area contributed by atoms with E-state index in [1.54, 1.807) is 0 Å². The molecule has 1 saturated carbocycles. The summed E-state index contributed by atoms with van der Waals surface area (Å²) in [6.07, 6.45) is 2.68. The molecule has 0 atom stereocenters. The third-order valence-corrected chi connectivity index (χ3v) is 4.30. The number of aromatic amines is 1. The summed E-state index contributed by atoms with van der Waals surface area (Å²) in [6, 6.07) is 10.5. The van der Waals surface area contributed by atoms with E-state index in [2.05, 4.69) is 53.4 Å². The van der Waals surface area contributed by atoms with Gasteiger partial charge >= 0.3 is 0 Å². The van der Waals surface area contributed by atoms with Gasteiger partial charge in [-0.15, -0.1) is 24.0 Å². The molecular weight excluding hydrogens is 427 g/mol. The molecule has 0 saturated heterocycles. The fourth-order valence-corrected chi connectivity index (χ4v) is 2.69. The van der Waals surface area contributed by atoms with E-state index < -0.39 is 0 Å². The Labute approximate surface area is 167 Å². The minimum atomic E-state index is 0. The Hall–Kier alpha value is -1.28. The zero-order valence-electron chi connectivity index (χ0n) is 15.1. The van der Waals surface area contributed by atoms with Crippen LogP contribution in [0.3, 0.4) is 0 Å². The highest BCUT2D eigenvalue weighted by Gasteiger charge is 2.21. The van der Waals surface area contributed by atoms with Gasteiger partial charge in [-0.3, -0.25) is 0 Å².